The van der Waals surface area contributed by atoms with E-state index in [2.05, 4.69) is 30.5 Å². The van der Waals surface area contributed by atoms with Crippen LogP contribution in [0.25, 0.3) is 0 Å². The van der Waals surface area contributed by atoms with E-state index in [1.807, 2.05) is 0 Å². The number of aromatic nitrogens is 4. The first-order valence-electron chi connectivity index (χ1n) is 12.7. The van der Waals surface area contributed by atoms with E-state index in [4.69, 9.17) is 16.3 Å². The number of nitrogens with two attached hydrogens (primary N) is 2. The molecular weight excluding hydrogens is 622 g/mol. The summed E-state index contributed by atoms with van der Waals surface area (Å²) in [5.41, 5.74) is 9.67. The molecule has 236 valence electrons. The molecule has 0 radical (unpaired) electrons. The number of nitrogens with zero attached hydrogens (tertiary/aromatic N) is 6. The number of carboxylic acids is 2. The normalized spacial score (nSPS) is 18.4. The molecule has 0 saturated carbocycles. The number of fused-ring (bicyclic) bond motifs is 1. The summed E-state index contributed by atoms with van der Waals surface area (Å²) in [6.45, 7) is 2.46. The SMILES string of the molecule is CNCC(=O)Nc1c[n+](CC2=C(C(=O)[O-])N3C(=O)[C@@H](NC(=O)/C(=N\OC(C)(C)C(=O)O)c4nsc(N)n4)[C@H]3SC2)n(C)c1N. The standard InChI is InChI=1S/C23H29N11O8S2/c1-23(2,21(40)41)42-30-12(16-29-22(25)44-31-16)17(36)28-13-18(37)34-14(20(38)39)9(8-43-19(13)34)6-33-7-10(15(24)32(33)4)27-11(35)5-26-3/h7,13,19,24,26H,5-6,8H2,1-4H3,(H6,25,27,28,29,31,35,36,38,39,40,41)/b30-12-/t13-,19-/m1/s1. The third-order valence-corrected chi connectivity index (χ3v) is 8.41. The molecule has 0 spiro atoms. The van der Waals surface area contributed by atoms with Gasteiger partial charge in [-0.3, -0.25) is 19.3 Å². The summed E-state index contributed by atoms with van der Waals surface area (Å²) in [7, 11) is 3.23. The molecule has 4 rings (SSSR count). The third-order valence-electron chi connectivity index (χ3n) is 6.53. The van der Waals surface area contributed by atoms with Crippen molar-refractivity contribution in [2.75, 3.05) is 36.1 Å². The monoisotopic (exact) mass is 651 g/mol. The van der Waals surface area contributed by atoms with Gasteiger partial charge in [-0.15, -0.1) is 21.1 Å². The Balaban J connectivity index is 1.55. The maximum atomic E-state index is 13.2. The molecule has 4 heterocycles. The van der Waals surface area contributed by atoms with Crippen LogP contribution in [0.2, 0.25) is 0 Å². The van der Waals surface area contributed by atoms with Gasteiger partial charge in [0.05, 0.1) is 25.3 Å². The first-order valence-corrected chi connectivity index (χ1v) is 14.6. The van der Waals surface area contributed by atoms with Gasteiger partial charge in [-0.25, -0.2) is 4.79 Å². The van der Waals surface area contributed by atoms with Gasteiger partial charge in [0, 0.05) is 22.9 Å². The number of carbonyl (C=O) groups excluding carboxylic acids is 4. The van der Waals surface area contributed by atoms with Crippen molar-refractivity contribution in [2.24, 2.45) is 12.2 Å². The van der Waals surface area contributed by atoms with Crippen molar-refractivity contribution < 1.29 is 43.7 Å². The van der Waals surface area contributed by atoms with Gasteiger partial charge >= 0.3 is 5.97 Å². The van der Waals surface area contributed by atoms with E-state index in [-0.39, 0.29) is 47.2 Å². The molecule has 8 N–H and O–H groups in total. The van der Waals surface area contributed by atoms with E-state index >= 15 is 0 Å². The van der Waals surface area contributed by atoms with Crippen molar-refractivity contribution >= 4 is 75.3 Å². The Morgan fingerprint density at radius 1 is 1.32 bits per heavy atom. The van der Waals surface area contributed by atoms with Crippen molar-refractivity contribution in [3.8, 4) is 0 Å². The van der Waals surface area contributed by atoms with Crippen LogP contribution in [0.15, 0.2) is 22.6 Å². The van der Waals surface area contributed by atoms with Crippen molar-refractivity contribution in [1.29, 1.82) is 0 Å². The molecule has 1 fully saturated rings. The molecule has 0 unspecified atom stereocenters. The lowest BCUT2D eigenvalue weighted by Crippen LogP contribution is -2.71. The van der Waals surface area contributed by atoms with Crippen molar-refractivity contribution in [3.63, 3.8) is 0 Å². The van der Waals surface area contributed by atoms with Gasteiger partial charge in [0.1, 0.15) is 11.4 Å². The number of hydrogen-bond acceptors (Lipinski definition) is 15. The first-order chi connectivity index (χ1) is 20.7. The summed E-state index contributed by atoms with van der Waals surface area (Å²) in [5, 5.41) is 32.3. The number of thioether (sulfide) groups is 1. The number of anilines is 3. The fraction of sp³-hybridized carbons (Fsp3) is 0.435. The van der Waals surface area contributed by atoms with Gasteiger partial charge in [0.15, 0.2) is 23.2 Å². The Morgan fingerprint density at radius 2 is 2.02 bits per heavy atom. The number of aliphatic carboxylic acids is 2. The molecule has 2 aliphatic rings. The molecule has 21 heteroatoms. The lowest BCUT2D eigenvalue weighted by Gasteiger charge is -2.50. The van der Waals surface area contributed by atoms with E-state index in [9.17, 15) is 34.2 Å². The minimum atomic E-state index is -1.82. The quantitative estimate of drug-likeness (QED) is 0.0555. The van der Waals surface area contributed by atoms with Crippen LogP contribution in [0.4, 0.5) is 16.6 Å². The van der Waals surface area contributed by atoms with Crippen LogP contribution in [-0.4, -0.2) is 95.8 Å². The number of oxime groups is 1. The summed E-state index contributed by atoms with van der Waals surface area (Å²) in [4.78, 5) is 72.1. The van der Waals surface area contributed by atoms with E-state index < -0.39 is 46.5 Å². The summed E-state index contributed by atoms with van der Waals surface area (Å²) in [6, 6.07) is -1.18. The van der Waals surface area contributed by atoms with Crippen LogP contribution in [-0.2, 0) is 42.4 Å². The van der Waals surface area contributed by atoms with Gasteiger partial charge in [-0.05, 0) is 20.9 Å². The van der Waals surface area contributed by atoms with E-state index in [1.54, 1.807) is 18.8 Å². The lowest BCUT2D eigenvalue weighted by atomic mass is 10.0. The Morgan fingerprint density at radius 3 is 2.61 bits per heavy atom. The number of carbonyl (C=O) groups is 5. The number of nitrogens with one attached hydrogen (secondary N) is 3. The van der Waals surface area contributed by atoms with Crippen molar-refractivity contribution in [3.05, 3.63) is 23.3 Å². The predicted molar refractivity (Wildman–Crippen MR) is 153 cm³/mol. The molecule has 2 atom stereocenters. The van der Waals surface area contributed by atoms with Crippen molar-refractivity contribution in [2.45, 2.75) is 37.4 Å². The van der Waals surface area contributed by atoms with Gasteiger partial charge < -0.3 is 47.3 Å². The second-order valence-electron chi connectivity index (χ2n) is 10.0. The third kappa shape index (κ3) is 6.28. The Hall–Kier alpha value is -4.76. The molecule has 1 saturated heterocycles. The van der Waals surface area contributed by atoms with Crippen LogP contribution >= 0.6 is 23.3 Å². The maximum absolute atomic E-state index is 13.2. The zero-order valence-electron chi connectivity index (χ0n) is 23.8. The smallest absolute Gasteiger partial charge is 0.350 e. The highest BCUT2D eigenvalue weighted by Crippen LogP contribution is 2.40. The molecule has 3 amide bonds. The molecule has 0 aliphatic carbocycles. The average molecular weight is 652 g/mol. The Kier molecular flexibility index (Phi) is 9.11. The summed E-state index contributed by atoms with van der Waals surface area (Å²) in [6.07, 6.45) is 1.54. The molecule has 19 nitrogen and oxygen atoms in total. The van der Waals surface area contributed by atoms with Crippen LogP contribution in [0.3, 0.4) is 0 Å². The average Bonchev–Trinajstić information content (AvgIpc) is 3.49. The highest BCUT2D eigenvalue weighted by molar-refractivity contribution is 8.00. The zero-order valence-corrected chi connectivity index (χ0v) is 25.4. The second kappa shape index (κ2) is 12.5. The molecule has 2 aromatic rings. The molecule has 44 heavy (non-hydrogen) atoms. The number of likely N-dealkylation sites (N-methyl/N-ethyl adjacent to an activating group) is 1. The largest absolute Gasteiger partial charge is 0.543 e. The number of amides is 3. The number of β-lactam (4-membered cyclic amide) rings is 1. The van der Waals surface area contributed by atoms with Crippen molar-refractivity contribution in [1.82, 2.24) is 29.6 Å². The van der Waals surface area contributed by atoms with E-state index in [0.29, 0.717) is 11.3 Å². The number of nitrogen functional groups attached to an aromatic ring is 2. The van der Waals surface area contributed by atoms with Gasteiger partial charge in [-0.1, -0.05) is 5.16 Å². The number of carboxylic acid groups (broad SMARTS) is 2. The van der Waals surface area contributed by atoms with Crippen LogP contribution < -0.4 is 37.2 Å². The molecule has 2 aliphatic heterocycles. The minimum absolute atomic E-state index is 0.00311. The van der Waals surface area contributed by atoms with Crippen LogP contribution in [0.1, 0.15) is 19.7 Å². The van der Waals surface area contributed by atoms with Crippen LogP contribution in [0.5, 0.6) is 0 Å². The molecule has 2 aromatic heterocycles. The summed E-state index contributed by atoms with van der Waals surface area (Å²) < 4.78 is 7.00. The summed E-state index contributed by atoms with van der Waals surface area (Å²) in [5.74, 6) is -4.90. The second-order valence-corrected chi connectivity index (χ2v) is 11.9. The van der Waals surface area contributed by atoms with E-state index in [1.165, 1.54) is 36.5 Å². The lowest BCUT2D eigenvalue weighted by molar-refractivity contribution is -0.765. The van der Waals surface area contributed by atoms with Gasteiger partial charge in [0.2, 0.25) is 29.2 Å². The van der Waals surface area contributed by atoms with Crippen LogP contribution in [0, 0.1) is 0 Å². The van der Waals surface area contributed by atoms with E-state index in [0.717, 1.165) is 16.4 Å². The Bertz CT molecular complexity index is 1600. The fourth-order valence-electron chi connectivity index (χ4n) is 4.13. The highest BCUT2D eigenvalue weighted by atomic mass is 32.2. The minimum Gasteiger partial charge on any atom is -0.543 e. The fourth-order valence-corrected chi connectivity index (χ4v) is 5.90. The van der Waals surface area contributed by atoms with Gasteiger partial charge in [0.25, 0.3) is 11.8 Å². The first kappa shape index (κ1) is 32.2. The highest BCUT2D eigenvalue weighted by Gasteiger charge is 2.53. The Labute approximate surface area is 257 Å². The molecular formula is C23H29N11O8S2. The summed E-state index contributed by atoms with van der Waals surface area (Å²) >= 11 is 1.95. The molecule has 0 bridgehead atoms. The predicted octanol–water partition coefficient (Wildman–Crippen LogP) is -3.83. The number of hydrogen-bond donors (Lipinski definition) is 6. The molecule has 0 aromatic carbocycles. The number of rotatable bonds is 12. The van der Waals surface area contributed by atoms with Gasteiger partial charge in [-0.2, -0.15) is 9.36 Å². The maximum Gasteiger partial charge on any atom is 0.350 e. The topological polar surface area (TPSA) is 276 Å². The zero-order chi connectivity index (χ0) is 32.5.